The summed E-state index contributed by atoms with van der Waals surface area (Å²) in [5.41, 5.74) is 4.19. The Labute approximate surface area is 266 Å². The Morgan fingerprint density at radius 2 is 0.565 bits per heavy atom. The molecule has 0 N–H and O–H groups in total. The van der Waals surface area contributed by atoms with Gasteiger partial charge in [0.2, 0.25) is 0 Å². The maximum absolute atomic E-state index is 12.6. The fourth-order valence-corrected chi connectivity index (χ4v) is 4.98. The molecule has 0 bridgehead atoms. The van der Waals surface area contributed by atoms with Gasteiger partial charge in [0.25, 0.3) is 0 Å². The third-order valence-corrected chi connectivity index (χ3v) is 7.30. The summed E-state index contributed by atoms with van der Waals surface area (Å²) in [6.45, 7) is 0. The van der Waals surface area contributed by atoms with Crippen LogP contribution in [0.3, 0.4) is 0 Å². The molecule has 0 saturated carbocycles. The zero-order chi connectivity index (χ0) is 31.7. The first kappa shape index (κ1) is 29.8. The normalized spacial score (nSPS) is 10.6. The van der Waals surface area contributed by atoms with E-state index in [1.54, 1.807) is 109 Å². The highest BCUT2D eigenvalue weighted by atomic mass is 16.5. The molecule has 0 spiro atoms. The van der Waals surface area contributed by atoms with Crippen molar-refractivity contribution in [3.05, 3.63) is 197 Å². The van der Waals surface area contributed by atoms with E-state index in [4.69, 9.17) is 14.2 Å². The number of hydrogen-bond donors (Lipinski definition) is 0. The zero-order valence-electron chi connectivity index (χ0n) is 24.6. The summed E-state index contributed by atoms with van der Waals surface area (Å²) in [4.78, 5) is 37.7. The number of esters is 3. The van der Waals surface area contributed by atoms with Gasteiger partial charge in [0.15, 0.2) is 0 Å². The summed E-state index contributed by atoms with van der Waals surface area (Å²) in [7, 11) is 0. The van der Waals surface area contributed by atoms with Crippen molar-refractivity contribution in [2.45, 2.75) is 5.92 Å². The molecule has 0 aliphatic rings. The van der Waals surface area contributed by atoms with Crippen molar-refractivity contribution in [1.82, 2.24) is 0 Å². The van der Waals surface area contributed by atoms with Crippen LogP contribution in [0.2, 0.25) is 0 Å². The van der Waals surface area contributed by atoms with Gasteiger partial charge in [-0.15, -0.1) is 0 Å². The molecular weight excluding hydrogens is 576 g/mol. The Hall–Kier alpha value is -6.27. The van der Waals surface area contributed by atoms with E-state index in [1.165, 1.54) is 0 Å². The summed E-state index contributed by atoms with van der Waals surface area (Å²) < 4.78 is 16.8. The van der Waals surface area contributed by atoms with Crippen molar-refractivity contribution >= 4 is 17.9 Å². The highest BCUT2D eigenvalue weighted by Crippen LogP contribution is 2.35. The average Bonchev–Trinajstić information content (AvgIpc) is 3.11. The maximum Gasteiger partial charge on any atom is 0.343 e. The van der Waals surface area contributed by atoms with Gasteiger partial charge >= 0.3 is 17.9 Å². The van der Waals surface area contributed by atoms with E-state index in [2.05, 4.69) is 0 Å². The fraction of sp³-hybridized carbons (Fsp3) is 0.0250. The first-order valence-corrected chi connectivity index (χ1v) is 14.6. The van der Waals surface area contributed by atoms with Crippen molar-refractivity contribution in [2.24, 2.45) is 0 Å². The monoisotopic (exact) mass is 604 g/mol. The van der Waals surface area contributed by atoms with Crippen molar-refractivity contribution < 1.29 is 28.6 Å². The molecule has 46 heavy (non-hydrogen) atoms. The molecule has 0 aromatic heterocycles. The molecule has 0 heterocycles. The van der Waals surface area contributed by atoms with Gasteiger partial charge in [0.05, 0.1) is 16.7 Å². The van der Waals surface area contributed by atoms with Crippen LogP contribution in [-0.4, -0.2) is 17.9 Å². The number of carbonyl (C=O) groups excluding carboxylic acids is 3. The molecular formula is C40H28O6. The summed E-state index contributed by atoms with van der Waals surface area (Å²) in [5.74, 6) is -0.298. The van der Waals surface area contributed by atoms with Gasteiger partial charge < -0.3 is 14.2 Å². The van der Waals surface area contributed by atoms with Crippen molar-refractivity contribution in [1.29, 1.82) is 0 Å². The van der Waals surface area contributed by atoms with Crippen LogP contribution in [-0.2, 0) is 0 Å². The highest BCUT2D eigenvalue weighted by Gasteiger charge is 2.19. The van der Waals surface area contributed by atoms with Gasteiger partial charge in [-0.05, 0) is 89.5 Å². The second-order valence-electron chi connectivity index (χ2n) is 10.4. The molecule has 0 unspecified atom stereocenters. The van der Waals surface area contributed by atoms with Gasteiger partial charge in [0, 0.05) is 5.92 Å². The zero-order valence-corrected chi connectivity index (χ0v) is 24.6. The third-order valence-electron chi connectivity index (χ3n) is 7.30. The van der Waals surface area contributed by atoms with Crippen LogP contribution >= 0.6 is 0 Å². The maximum atomic E-state index is 12.6. The van der Waals surface area contributed by atoms with Gasteiger partial charge in [-0.25, -0.2) is 14.4 Å². The van der Waals surface area contributed by atoms with Gasteiger partial charge in [0.1, 0.15) is 17.2 Å². The summed E-state index contributed by atoms with van der Waals surface area (Å²) >= 11 is 0. The molecule has 0 saturated heterocycles. The summed E-state index contributed by atoms with van der Waals surface area (Å²) in [6, 6.07) is 48.4. The first-order valence-electron chi connectivity index (χ1n) is 14.6. The lowest BCUT2D eigenvalue weighted by Crippen LogP contribution is -2.10. The molecule has 6 aromatic rings. The number of ether oxygens (including phenoxy) is 3. The molecule has 224 valence electrons. The summed E-state index contributed by atoms with van der Waals surface area (Å²) in [6.07, 6.45) is 0. The van der Waals surface area contributed by atoms with Crippen molar-refractivity contribution in [3.8, 4) is 17.2 Å². The van der Waals surface area contributed by atoms with Gasteiger partial charge in [-0.1, -0.05) is 91.0 Å². The molecule has 0 fully saturated rings. The molecule has 0 amide bonds. The van der Waals surface area contributed by atoms with Crippen LogP contribution in [0.5, 0.6) is 17.2 Å². The number of hydrogen-bond acceptors (Lipinski definition) is 6. The van der Waals surface area contributed by atoms with Crippen LogP contribution in [0.4, 0.5) is 0 Å². The Morgan fingerprint density at radius 3 is 0.804 bits per heavy atom. The predicted octanol–water partition coefficient (Wildman–Crippen LogP) is 8.52. The largest absolute Gasteiger partial charge is 0.423 e. The topological polar surface area (TPSA) is 78.9 Å². The predicted molar refractivity (Wildman–Crippen MR) is 174 cm³/mol. The third kappa shape index (κ3) is 7.26. The lowest BCUT2D eigenvalue weighted by molar-refractivity contribution is 0.0725. The van der Waals surface area contributed by atoms with Crippen LogP contribution < -0.4 is 14.2 Å². The van der Waals surface area contributed by atoms with E-state index in [0.717, 1.165) is 16.7 Å². The van der Waals surface area contributed by atoms with Crippen LogP contribution in [0.15, 0.2) is 164 Å². The molecule has 6 rings (SSSR count). The number of benzene rings is 6. The van der Waals surface area contributed by atoms with Crippen LogP contribution in [0, 0.1) is 0 Å². The van der Waals surface area contributed by atoms with Crippen LogP contribution in [0.1, 0.15) is 53.7 Å². The smallest absolute Gasteiger partial charge is 0.343 e. The molecule has 6 aromatic carbocycles. The molecule has 6 nitrogen and oxygen atoms in total. The Morgan fingerprint density at radius 1 is 0.326 bits per heavy atom. The SMILES string of the molecule is O=C(Oc1ccc(C(c2ccc(OC(=O)c3ccccc3)cc2)c2ccc(OC(=O)c3ccccc3)cc2)cc1)c1ccccc1. The molecule has 0 aliphatic carbocycles. The van der Waals surface area contributed by atoms with E-state index in [0.29, 0.717) is 33.9 Å². The standard InChI is InChI=1S/C40H28O6/c41-38(31-10-4-1-5-11-31)44-34-22-16-28(17-23-34)37(29-18-24-35(25-19-29)45-39(42)32-12-6-2-7-13-32)30-20-26-36(27-21-30)46-40(43)33-14-8-3-9-15-33/h1-27,37H. The van der Waals surface area contributed by atoms with Gasteiger partial charge in [-0.2, -0.15) is 0 Å². The fourth-order valence-electron chi connectivity index (χ4n) is 4.98. The Kier molecular flexibility index (Phi) is 9.07. The lowest BCUT2D eigenvalue weighted by Gasteiger charge is -2.20. The molecule has 0 atom stereocenters. The highest BCUT2D eigenvalue weighted by molar-refractivity contribution is 5.92. The minimum atomic E-state index is -0.439. The van der Waals surface area contributed by atoms with Crippen molar-refractivity contribution in [3.63, 3.8) is 0 Å². The second-order valence-corrected chi connectivity index (χ2v) is 10.4. The van der Waals surface area contributed by atoms with Crippen LogP contribution in [0.25, 0.3) is 0 Å². The van der Waals surface area contributed by atoms with E-state index in [-0.39, 0.29) is 5.92 Å². The molecule has 6 heteroatoms. The quantitative estimate of drug-likeness (QED) is 0.0935. The molecule has 0 radical (unpaired) electrons. The minimum absolute atomic E-state index is 0.239. The van der Waals surface area contributed by atoms with Crippen molar-refractivity contribution in [2.75, 3.05) is 0 Å². The Bertz CT molecular complexity index is 1690. The lowest BCUT2D eigenvalue weighted by atomic mass is 9.85. The number of rotatable bonds is 9. The van der Waals surface area contributed by atoms with E-state index in [1.807, 2.05) is 54.6 Å². The minimum Gasteiger partial charge on any atom is -0.423 e. The first-order chi connectivity index (χ1) is 22.5. The van der Waals surface area contributed by atoms with E-state index < -0.39 is 17.9 Å². The average molecular weight is 605 g/mol. The van der Waals surface area contributed by atoms with Gasteiger partial charge in [-0.3, -0.25) is 0 Å². The van der Waals surface area contributed by atoms with E-state index in [9.17, 15) is 14.4 Å². The number of carbonyl (C=O) groups is 3. The summed E-state index contributed by atoms with van der Waals surface area (Å²) in [5, 5.41) is 0. The molecule has 0 aliphatic heterocycles. The van der Waals surface area contributed by atoms with E-state index >= 15 is 0 Å². The Balaban J connectivity index is 1.25. The second kappa shape index (κ2) is 14.0.